The van der Waals surface area contributed by atoms with Gasteiger partial charge < -0.3 is 39.7 Å². The largest absolute Gasteiger partial charge is 0.479 e. The first-order chi connectivity index (χ1) is 12.3. The van der Waals surface area contributed by atoms with E-state index in [2.05, 4.69) is 0 Å². The molecule has 2 rings (SSSR count). The molecule has 1 aliphatic rings. The first-order valence-corrected chi connectivity index (χ1v) is 7.75. The maximum atomic E-state index is 11.7. The quantitative estimate of drug-likeness (QED) is 0.342. The first kappa shape index (κ1) is 20.2. The highest BCUT2D eigenvalue weighted by molar-refractivity contribution is 5.89. The standard InChI is InChI=1S/C16H20O10/c17-9(6-24-15(23)8-4-2-1-3-5-8)7-25-16-12(20)10(18)11(19)13(26-16)14(21)22/h1-5,9-13,16-20H,6-7H2,(H,21,22)/t9?,10-,11-,12+,13-,16+/m0/s1. The third-order valence-corrected chi connectivity index (χ3v) is 3.68. The van der Waals surface area contributed by atoms with Gasteiger partial charge in [0.15, 0.2) is 12.4 Å². The number of carboxylic acids is 1. The van der Waals surface area contributed by atoms with Crippen molar-refractivity contribution >= 4 is 11.9 Å². The molecule has 0 aromatic heterocycles. The zero-order valence-corrected chi connectivity index (χ0v) is 13.5. The highest BCUT2D eigenvalue weighted by Gasteiger charge is 2.47. The van der Waals surface area contributed by atoms with Crippen LogP contribution in [0.15, 0.2) is 30.3 Å². The average molecular weight is 372 g/mol. The molecule has 10 nitrogen and oxygen atoms in total. The molecule has 26 heavy (non-hydrogen) atoms. The number of rotatable bonds is 7. The molecule has 1 aliphatic heterocycles. The topological polar surface area (TPSA) is 163 Å². The maximum absolute atomic E-state index is 11.7. The van der Waals surface area contributed by atoms with Crippen molar-refractivity contribution in [2.75, 3.05) is 13.2 Å². The minimum atomic E-state index is -1.83. The van der Waals surface area contributed by atoms with Gasteiger partial charge in [0.05, 0.1) is 12.2 Å². The summed E-state index contributed by atoms with van der Waals surface area (Å²) in [7, 11) is 0. The summed E-state index contributed by atoms with van der Waals surface area (Å²) in [6.07, 6.45) is -10.0. The maximum Gasteiger partial charge on any atom is 0.338 e. The number of benzene rings is 1. The van der Waals surface area contributed by atoms with E-state index in [0.29, 0.717) is 5.56 Å². The van der Waals surface area contributed by atoms with Gasteiger partial charge >= 0.3 is 11.9 Å². The molecule has 6 atom stereocenters. The highest BCUT2D eigenvalue weighted by Crippen LogP contribution is 2.22. The van der Waals surface area contributed by atoms with Crippen molar-refractivity contribution in [3.8, 4) is 0 Å². The molecule has 0 radical (unpaired) electrons. The third-order valence-electron chi connectivity index (χ3n) is 3.68. The monoisotopic (exact) mass is 372 g/mol. The smallest absolute Gasteiger partial charge is 0.338 e. The van der Waals surface area contributed by atoms with E-state index in [1.54, 1.807) is 18.2 Å². The molecule has 1 aromatic rings. The van der Waals surface area contributed by atoms with Gasteiger partial charge in [0.1, 0.15) is 31.0 Å². The summed E-state index contributed by atoms with van der Waals surface area (Å²) in [5.41, 5.74) is 0.299. The van der Waals surface area contributed by atoms with E-state index >= 15 is 0 Å². The number of aliphatic hydroxyl groups is 4. The van der Waals surface area contributed by atoms with Gasteiger partial charge in [0.25, 0.3) is 0 Å². The second kappa shape index (κ2) is 9.03. The summed E-state index contributed by atoms with van der Waals surface area (Å²) in [5.74, 6) is -2.20. The van der Waals surface area contributed by atoms with Gasteiger partial charge in [-0.15, -0.1) is 0 Å². The van der Waals surface area contributed by atoms with Crippen molar-refractivity contribution in [3.63, 3.8) is 0 Å². The Morgan fingerprint density at radius 3 is 2.31 bits per heavy atom. The highest BCUT2D eigenvalue weighted by atomic mass is 16.7. The lowest BCUT2D eigenvalue weighted by atomic mass is 9.99. The van der Waals surface area contributed by atoms with Gasteiger partial charge in [-0.3, -0.25) is 0 Å². The Labute approximate surface area is 148 Å². The van der Waals surface area contributed by atoms with Gasteiger partial charge in [-0.25, -0.2) is 9.59 Å². The van der Waals surface area contributed by atoms with Crippen LogP contribution < -0.4 is 0 Å². The minimum absolute atomic E-state index is 0.299. The number of carbonyl (C=O) groups excluding carboxylic acids is 1. The van der Waals surface area contributed by atoms with Crippen LogP contribution >= 0.6 is 0 Å². The molecule has 0 spiro atoms. The average Bonchev–Trinajstić information content (AvgIpc) is 2.64. The number of aliphatic hydroxyl groups excluding tert-OH is 4. The molecule has 1 aromatic carbocycles. The predicted octanol–water partition coefficient (Wildman–Crippen LogP) is -1.89. The van der Waals surface area contributed by atoms with Crippen LogP contribution in [0, 0.1) is 0 Å². The Morgan fingerprint density at radius 2 is 1.69 bits per heavy atom. The lowest BCUT2D eigenvalue weighted by Gasteiger charge is -2.38. The summed E-state index contributed by atoms with van der Waals surface area (Å²) < 4.78 is 14.8. The van der Waals surface area contributed by atoms with Gasteiger partial charge in [-0.1, -0.05) is 18.2 Å². The Balaban J connectivity index is 1.81. The van der Waals surface area contributed by atoms with Gasteiger partial charge in [-0.2, -0.15) is 0 Å². The van der Waals surface area contributed by atoms with Crippen LogP contribution in [0.25, 0.3) is 0 Å². The van der Waals surface area contributed by atoms with E-state index in [1.807, 2.05) is 0 Å². The fourth-order valence-corrected chi connectivity index (χ4v) is 2.27. The van der Waals surface area contributed by atoms with E-state index in [9.17, 15) is 30.0 Å². The molecule has 10 heteroatoms. The predicted molar refractivity (Wildman–Crippen MR) is 83.0 cm³/mol. The number of ether oxygens (including phenoxy) is 3. The molecule has 0 aliphatic carbocycles. The van der Waals surface area contributed by atoms with Gasteiger partial charge in [0, 0.05) is 0 Å². The van der Waals surface area contributed by atoms with Crippen LogP contribution in [-0.2, 0) is 19.0 Å². The van der Waals surface area contributed by atoms with Crippen molar-refractivity contribution in [1.82, 2.24) is 0 Å². The van der Waals surface area contributed by atoms with Crippen molar-refractivity contribution in [3.05, 3.63) is 35.9 Å². The fourth-order valence-electron chi connectivity index (χ4n) is 2.27. The molecule has 1 saturated heterocycles. The fraction of sp³-hybridized carbons (Fsp3) is 0.500. The molecule has 5 N–H and O–H groups in total. The summed E-state index contributed by atoms with van der Waals surface area (Å²) in [5, 5.41) is 47.7. The molecular weight excluding hydrogens is 352 g/mol. The van der Waals surface area contributed by atoms with Crippen LogP contribution in [-0.4, -0.2) is 87.5 Å². The van der Waals surface area contributed by atoms with Crippen LogP contribution in [0.1, 0.15) is 10.4 Å². The SMILES string of the molecule is O=C(OCC(O)CO[C@@H]1O[C@H](C(=O)O)[C@@H](O)[C@H](O)[C@H]1O)c1ccccc1. The third kappa shape index (κ3) is 4.97. The Morgan fingerprint density at radius 1 is 1.04 bits per heavy atom. The van der Waals surface area contributed by atoms with Crippen LogP contribution in [0.5, 0.6) is 0 Å². The zero-order valence-electron chi connectivity index (χ0n) is 13.5. The number of hydrogen-bond acceptors (Lipinski definition) is 9. The zero-order chi connectivity index (χ0) is 19.3. The van der Waals surface area contributed by atoms with E-state index in [1.165, 1.54) is 12.1 Å². The Bertz CT molecular complexity index is 606. The number of aliphatic carboxylic acids is 1. The van der Waals surface area contributed by atoms with Crippen LogP contribution in [0.4, 0.5) is 0 Å². The lowest BCUT2D eigenvalue weighted by Crippen LogP contribution is -2.60. The number of esters is 1. The normalized spacial score (nSPS) is 29.8. The summed E-state index contributed by atoms with van der Waals surface area (Å²) in [6, 6.07) is 8.10. The second-order valence-electron chi connectivity index (χ2n) is 5.69. The van der Waals surface area contributed by atoms with E-state index in [-0.39, 0.29) is 0 Å². The Hall–Kier alpha value is -2.08. The molecule has 0 bridgehead atoms. The molecule has 0 amide bonds. The van der Waals surface area contributed by atoms with Crippen molar-refractivity contribution < 1.29 is 49.3 Å². The second-order valence-corrected chi connectivity index (χ2v) is 5.69. The van der Waals surface area contributed by atoms with Crippen molar-refractivity contribution in [2.45, 2.75) is 36.8 Å². The minimum Gasteiger partial charge on any atom is -0.479 e. The Kier molecular flexibility index (Phi) is 7.03. The van der Waals surface area contributed by atoms with E-state index in [4.69, 9.17) is 19.3 Å². The molecule has 0 saturated carbocycles. The summed E-state index contributed by atoms with van der Waals surface area (Å²) >= 11 is 0. The molecule has 1 unspecified atom stereocenters. The van der Waals surface area contributed by atoms with Crippen molar-refractivity contribution in [2.24, 2.45) is 0 Å². The number of hydrogen-bond donors (Lipinski definition) is 5. The molecule has 1 fully saturated rings. The molecule has 144 valence electrons. The number of carboxylic acid groups (broad SMARTS) is 1. The summed E-state index contributed by atoms with van der Waals surface area (Å²) in [6.45, 7) is -0.886. The van der Waals surface area contributed by atoms with Gasteiger partial charge in [-0.05, 0) is 12.1 Å². The first-order valence-electron chi connectivity index (χ1n) is 7.75. The van der Waals surface area contributed by atoms with E-state index < -0.39 is 62.0 Å². The van der Waals surface area contributed by atoms with Crippen LogP contribution in [0.2, 0.25) is 0 Å². The molecule has 1 heterocycles. The summed E-state index contributed by atoms with van der Waals surface area (Å²) in [4.78, 5) is 22.7. The van der Waals surface area contributed by atoms with Crippen LogP contribution in [0.3, 0.4) is 0 Å². The van der Waals surface area contributed by atoms with Gasteiger partial charge in [0.2, 0.25) is 0 Å². The number of carbonyl (C=O) groups is 2. The lowest BCUT2D eigenvalue weighted by molar-refractivity contribution is -0.297. The van der Waals surface area contributed by atoms with Crippen molar-refractivity contribution in [1.29, 1.82) is 0 Å². The van der Waals surface area contributed by atoms with E-state index in [0.717, 1.165) is 0 Å². The molecular formula is C16H20O10.